The maximum atomic E-state index is 13.3. The van der Waals surface area contributed by atoms with Crippen molar-refractivity contribution in [1.29, 1.82) is 0 Å². The maximum absolute atomic E-state index is 13.3. The highest BCUT2D eigenvalue weighted by molar-refractivity contribution is 7.12. The summed E-state index contributed by atoms with van der Waals surface area (Å²) in [5, 5.41) is 8.42. The van der Waals surface area contributed by atoms with E-state index in [4.69, 9.17) is 9.52 Å². The van der Waals surface area contributed by atoms with Gasteiger partial charge in [0.1, 0.15) is 11.8 Å². The fourth-order valence-electron chi connectivity index (χ4n) is 4.35. The molecule has 1 amide bonds. The number of furan rings is 1. The lowest BCUT2D eigenvalue weighted by molar-refractivity contribution is -0.134. The van der Waals surface area contributed by atoms with E-state index in [1.54, 1.807) is 22.6 Å². The van der Waals surface area contributed by atoms with Gasteiger partial charge in [-0.15, -0.1) is 11.3 Å². The second-order valence-electron chi connectivity index (χ2n) is 7.54. The average molecular weight is 406 g/mol. The highest BCUT2D eigenvalue weighted by atomic mass is 32.1. The quantitative estimate of drug-likeness (QED) is 0.609. The van der Waals surface area contributed by atoms with E-state index >= 15 is 0 Å². The van der Waals surface area contributed by atoms with Gasteiger partial charge in [0.25, 0.3) is 5.91 Å². The topological polar surface area (TPSA) is 49.1 Å². The van der Waals surface area contributed by atoms with Crippen molar-refractivity contribution in [1.82, 2.24) is 9.91 Å². The van der Waals surface area contributed by atoms with Gasteiger partial charge in [-0.3, -0.25) is 9.69 Å². The van der Waals surface area contributed by atoms with Crippen LogP contribution in [0, 0.1) is 0 Å². The van der Waals surface area contributed by atoms with Crippen LogP contribution >= 0.6 is 11.3 Å². The number of hydrogen-bond acceptors (Lipinski definition) is 5. The Kier molecular flexibility index (Phi) is 5.04. The first-order chi connectivity index (χ1) is 14.3. The van der Waals surface area contributed by atoms with E-state index in [-0.39, 0.29) is 11.9 Å². The van der Waals surface area contributed by atoms with Crippen molar-refractivity contribution in [3.63, 3.8) is 0 Å². The molecule has 6 heteroatoms. The molecule has 0 aliphatic carbocycles. The Morgan fingerprint density at radius 2 is 2.00 bits per heavy atom. The molecule has 2 unspecified atom stereocenters. The van der Waals surface area contributed by atoms with E-state index in [9.17, 15) is 4.79 Å². The van der Waals surface area contributed by atoms with Crippen LogP contribution in [0.15, 0.2) is 75.8 Å². The number of carbonyl (C=O) groups is 1. The number of rotatable bonds is 5. The Labute approximate surface area is 174 Å². The molecule has 3 aromatic rings. The van der Waals surface area contributed by atoms with Crippen LogP contribution in [-0.4, -0.2) is 34.6 Å². The van der Waals surface area contributed by atoms with Crippen molar-refractivity contribution in [3.05, 3.63) is 82.4 Å². The first-order valence-corrected chi connectivity index (χ1v) is 10.9. The Bertz CT molecular complexity index is 983. The van der Waals surface area contributed by atoms with Gasteiger partial charge >= 0.3 is 0 Å². The van der Waals surface area contributed by atoms with Crippen molar-refractivity contribution in [2.75, 3.05) is 13.1 Å². The Hall–Kier alpha value is -2.70. The van der Waals surface area contributed by atoms with E-state index in [1.807, 2.05) is 29.6 Å². The van der Waals surface area contributed by atoms with Gasteiger partial charge in [-0.25, -0.2) is 5.01 Å². The molecule has 0 saturated carbocycles. The molecule has 2 aliphatic heterocycles. The highest BCUT2D eigenvalue weighted by Gasteiger charge is 2.37. The van der Waals surface area contributed by atoms with Crippen molar-refractivity contribution in [2.45, 2.75) is 31.3 Å². The molecule has 1 aromatic carbocycles. The fraction of sp³-hybridized carbons (Fsp3) is 0.304. The minimum Gasteiger partial charge on any atom is -0.467 e. The summed E-state index contributed by atoms with van der Waals surface area (Å²) in [6.07, 6.45) is 4.54. The van der Waals surface area contributed by atoms with Crippen LogP contribution in [-0.2, 0) is 4.79 Å². The van der Waals surface area contributed by atoms with E-state index in [2.05, 4.69) is 35.2 Å². The lowest BCUT2D eigenvalue weighted by Gasteiger charge is -2.27. The second-order valence-corrected chi connectivity index (χ2v) is 8.48. The largest absolute Gasteiger partial charge is 0.467 e. The number of thiophene rings is 1. The van der Waals surface area contributed by atoms with Gasteiger partial charge < -0.3 is 4.42 Å². The molecule has 0 radical (unpaired) electrons. The normalized spacial score (nSPS) is 22.2. The molecule has 0 N–H and O–H groups in total. The Morgan fingerprint density at radius 1 is 1.10 bits per heavy atom. The smallest absolute Gasteiger partial charge is 0.257 e. The monoisotopic (exact) mass is 405 g/mol. The summed E-state index contributed by atoms with van der Waals surface area (Å²) >= 11 is 1.65. The van der Waals surface area contributed by atoms with Gasteiger partial charge in [-0.1, -0.05) is 36.4 Å². The first kappa shape index (κ1) is 18.3. The van der Waals surface area contributed by atoms with Gasteiger partial charge in [0.2, 0.25) is 0 Å². The number of carbonyl (C=O) groups excluding carboxylic acids is 1. The average Bonchev–Trinajstić information content (AvgIpc) is 3.55. The molecule has 0 bridgehead atoms. The van der Waals surface area contributed by atoms with Crippen molar-refractivity contribution in [2.24, 2.45) is 5.10 Å². The molecule has 148 valence electrons. The number of hydrogen-bond donors (Lipinski definition) is 0. The zero-order chi connectivity index (χ0) is 19.6. The molecular formula is C23H23N3O2S. The number of hydrazone groups is 1. The summed E-state index contributed by atoms with van der Waals surface area (Å²) in [5.74, 6) is 0.815. The summed E-state index contributed by atoms with van der Waals surface area (Å²) in [6, 6.07) is 18.5. The van der Waals surface area contributed by atoms with Crippen LogP contribution in [0.1, 0.15) is 47.5 Å². The predicted molar refractivity (Wildman–Crippen MR) is 114 cm³/mol. The molecule has 1 fully saturated rings. The van der Waals surface area contributed by atoms with Crippen molar-refractivity contribution < 1.29 is 9.21 Å². The van der Waals surface area contributed by atoms with Crippen LogP contribution in [0.5, 0.6) is 0 Å². The molecule has 29 heavy (non-hydrogen) atoms. The van der Waals surface area contributed by atoms with Gasteiger partial charge in [-0.2, -0.15) is 5.10 Å². The van der Waals surface area contributed by atoms with Gasteiger partial charge in [0.15, 0.2) is 0 Å². The molecule has 0 spiro atoms. The summed E-state index contributed by atoms with van der Waals surface area (Å²) in [4.78, 5) is 16.7. The molecule has 2 aliphatic rings. The third-order valence-electron chi connectivity index (χ3n) is 5.73. The molecule has 5 nitrogen and oxygen atoms in total. The third-order valence-corrected chi connectivity index (χ3v) is 6.65. The summed E-state index contributed by atoms with van der Waals surface area (Å²) in [7, 11) is 0. The van der Waals surface area contributed by atoms with Crippen LogP contribution in [0.3, 0.4) is 0 Å². The van der Waals surface area contributed by atoms with Gasteiger partial charge in [-0.05, 0) is 48.5 Å². The molecule has 2 atom stereocenters. The minimum atomic E-state index is -0.174. The predicted octanol–water partition coefficient (Wildman–Crippen LogP) is 4.86. The third kappa shape index (κ3) is 3.66. The number of nitrogens with zero attached hydrogens (tertiary/aromatic N) is 3. The molecule has 4 heterocycles. The van der Waals surface area contributed by atoms with Crippen LogP contribution < -0.4 is 0 Å². The molecular weight excluding hydrogens is 382 g/mol. The Morgan fingerprint density at radius 3 is 2.76 bits per heavy atom. The second kappa shape index (κ2) is 7.97. The van der Waals surface area contributed by atoms with E-state index < -0.39 is 0 Å². The SMILES string of the molecule is O=C(CN1CCCC1c1ccccc1)N1N=C(c2cccs2)CC1c1ccco1. The van der Waals surface area contributed by atoms with E-state index in [0.717, 1.165) is 35.7 Å². The lowest BCUT2D eigenvalue weighted by Crippen LogP contribution is -2.38. The zero-order valence-corrected chi connectivity index (χ0v) is 16.9. The van der Waals surface area contributed by atoms with Crippen LogP contribution in [0.25, 0.3) is 0 Å². The van der Waals surface area contributed by atoms with Gasteiger partial charge in [0, 0.05) is 12.5 Å². The maximum Gasteiger partial charge on any atom is 0.257 e. The lowest BCUT2D eigenvalue weighted by atomic mass is 10.0. The number of likely N-dealkylation sites (tertiary alicyclic amines) is 1. The number of benzene rings is 1. The summed E-state index contributed by atoms with van der Waals surface area (Å²) < 4.78 is 5.65. The summed E-state index contributed by atoms with van der Waals surface area (Å²) in [5.41, 5.74) is 2.24. The van der Waals surface area contributed by atoms with Crippen molar-refractivity contribution in [3.8, 4) is 0 Å². The molecule has 1 saturated heterocycles. The first-order valence-electron chi connectivity index (χ1n) is 10.1. The molecule has 5 rings (SSSR count). The van der Waals surface area contributed by atoms with Crippen LogP contribution in [0.2, 0.25) is 0 Å². The summed E-state index contributed by atoms with van der Waals surface area (Å²) in [6.45, 7) is 1.31. The molecule has 2 aromatic heterocycles. The minimum absolute atomic E-state index is 0.0285. The van der Waals surface area contributed by atoms with E-state index in [1.165, 1.54) is 5.56 Å². The standard InChI is InChI=1S/C23H23N3O2S/c27-23(16-25-12-4-9-19(25)17-7-2-1-3-8-17)26-20(21-10-5-13-28-21)15-18(24-26)22-11-6-14-29-22/h1-3,5-8,10-11,13-14,19-20H,4,9,12,15-16H2. The van der Waals surface area contributed by atoms with Crippen LogP contribution in [0.4, 0.5) is 0 Å². The van der Waals surface area contributed by atoms with E-state index in [0.29, 0.717) is 19.0 Å². The fourth-order valence-corrected chi connectivity index (χ4v) is 5.07. The number of amides is 1. The highest BCUT2D eigenvalue weighted by Crippen LogP contribution is 2.36. The zero-order valence-electron chi connectivity index (χ0n) is 16.1. The Balaban J connectivity index is 1.38. The van der Waals surface area contributed by atoms with Crippen molar-refractivity contribution >= 4 is 23.0 Å². The van der Waals surface area contributed by atoms with Gasteiger partial charge in [0.05, 0.1) is 23.4 Å².